The summed E-state index contributed by atoms with van der Waals surface area (Å²) in [5.74, 6) is -1.41. The van der Waals surface area contributed by atoms with Crippen LogP contribution < -0.4 is 15.8 Å². The number of carbonyl (C=O) groups excluding carboxylic acids is 2. The quantitative estimate of drug-likeness (QED) is 0.780. The molecule has 0 aliphatic heterocycles. The predicted octanol–water partition coefficient (Wildman–Crippen LogP) is 3.63. The number of hydrazine groups is 1. The molecule has 0 bridgehead atoms. The third-order valence-electron chi connectivity index (χ3n) is 4.00. The fourth-order valence-corrected chi connectivity index (χ4v) is 2.51. The second kappa shape index (κ2) is 8.57. The summed E-state index contributed by atoms with van der Waals surface area (Å²) >= 11 is 0. The minimum atomic E-state index is -4.55. The molecule has 8 heteroatoms. The molecule has 0 atom stereocenters. The number of hydrogen-bond donors (Lipinski definition) is 2. The van der Waals surface area contributed by atoms with Crippen LogP contribution in [0.4, 0.5) is 18.9 Å². The number of anilines is 1. The van der Waals surface area contributed by atoms with Gasteiger partial charge in [0.1, 0.15) is 0 Å². The van der Waals surface area contributed by atoms with E-state index in [0.717, 1.165) is 37.0 Å². The molecule has 2 aromatic carbocycles. The van der Waals surface area contributed by atoms with Gasteiger partial charge in [-0.3, -0.25) is 20.4 Å². The molecule has 0 saturated carbocycles. The minimum absolute atomic E-state index is 0.206. The minimum Gasteiger partial charge on any atom is -0.372 e. The van der Waals surface area contributed by atoms with Gasteiger partial charge in [0.2, 0.25) is 0 Å². The average Bonchev–Trinajstić information content (AvgIpc) is 2.66. The van der Waals surface area contributed by atoms with E-state index in [9.17, 15) is 22.8 Å². The Morgan fingerprint density at radius 1 is 0.889 bits per heavy atom. The lowest BCUT2D eigenvalue weighted by Crippen LogP contribution is -2.41. The van der Waals surface area contributed by atoms with E-state index in [1.54, 1.807) is 24.3 Å². The Morgan fingerprint density at radius 2 is 1.44 bits per heavy atom. The maximum absolute atomic E-state index is 12.7. The second-order valence-corrected chi connectivity index (χ2v) is 5.71. The molecular weight excluding hydrogens is 359 g/mol. The molecule has 144 valence electrons. The van der Waals surface area contributed by atoms with E-state index in [1.807, 2.05) is 13.8 Å². The molecule has 0 heterocycles. The van der Waals surface area contributed by atoms with Crippen LogP contribution in [0.3, 0.4) is 0 Å². The number of halogens is 3. The second-order valence-electron chi connectivity index (χ2n) is 5.71. The van der Waals surface area contributed by atoms with Gasteiger partial charge in [0.05, 0.1) is 5.56 Å². The van der Waals surface area contributed by atoms with E-state index in [-0.39, 0.29) is 5.56 Å². The van der Waals surface area contributed by atoms with Gasteiger partial charge in [0.25, 0.3) is 11.8 Å². The molecule has 0 spiro atoms. The average molecular weight is 379 g/mol. The van der Waals surface area contributed by atoms with Crippen molar-refractivity contribution in [2.24, 2.45) is 0 Å². The Labute approximate surface area is 155 Å². The van der Waals surface area contributed by atoms with Crippen LogP contribution in [0.1, 0.15) is 40.1 Å². The molecule has 2 N–H and O–H groups in total. The number of nitrogens with one attached hydrogen (secondary N) is 2. The van der Waals surface area contributed by atoms with Crippen LogP contribution in [-0.2, 0) is 6.18 Å². The van der Waals surface area contributed by atoms with E-state index in [1.165, 1.54) is 6.07 Å². The molecule has 0 radical (unpaired) electrons. The normalized spacial score (nSPS) is 11.0. The van der Waals surface area contributed by atoms with Gasteiger partial charge in [0, 0.05) is 29.9 Å². The summed E-state index contributed by atoms with van der Waals surface area (Å²) in [7, 11) is 0. The Balaban J connectivity index is 2.00. The molecule has 0 aliphatic carbocycles. The maximum atomic E-state index is 12.7. The Hall–Kier alpha value is -3.03. The first-order valence-electron chi connectivity index (χ1n) is 8.39. The highest BCUT2D eigenvalue weighted by Gasteiger charge is 2.30. The summed E-state index contributed by atoms with van der Waals surface area (Å²) in [6.07, 6.45) is -4.55. The molecule has 0 fully saturated rings. The number of nitrogens with zero attached hydrogens (tertiary/aromatic N) is 1. The number of carbonyl (C=O) groups is 2. The summed E-state index contributed by atoms with van der Waals surface area (Å²) in [4.78, 5) is 26.2. The zero-order valence-corrected chi connectivity index (χ0v) is 14.9. The van der Waals surface area contributed by atoms with Gasteiger partial charge in [0.15, 0.2) is 0 Å². The highest BCUT2D eigenvalue weighted by Crippen LogP contribution is 2.29. The fraction of sp³-hybridized carbons (Fsp3) is 0.263. The van der Waals surface area contributed by atoms with Crippen LogP contribution >= 0.6 is 0 Å². The monoisotopic (exact) mass is 379 g/mol. The number of rotatable bonds is 5. The number of benzene rings is 2. The zero-order valence-electron chi connectivity index (χ0n) is 14.9. The third-order valence-corrected chi connectivity index (χ3v) is 4.00. The molecular formula is C19H20F3N3O2. The number of hydrogen-bond acceptors (Lipinski definition) is 3. The molecule has 0 saturated heterocycles. The van der Waals surface area contributed by atoms with Crippen molar-refractivity contribution in [3.05, 3.63) is 65.2 Å². The molecule has 2 rings (SSSR count). The Kier molecular flexibility index (Phi) is 6.44. The first-order chi connectivity index (χ1) is 12.8. The van der Waals surface area contributed by atoms with Gasteiger partial charge in [-0.25, -0.2) is 0 Å². The van der Waals surface area contributed by atoms with E-state index in [4.69, 9.17) is 0 Å². The summed E-state index contributed by atoms with van der Waals surface area (Å²) in [5.41, 5.74) is 4.45. The first kappa shape index (κ1) is 20.3. The van der Waals surface area contributed by atoms with Crippen molar-refractivity contribution in [2.45, 2.75) is 20.0 Å². The van der Waals surface area contributed by atoms with Gasteiger partial charge in [-0.15, -0.1) is 0 Å². The molecule has 2 amide bonds. The highest BCUT2D eigenvalue weighted by atomic mass is 19.4. The van der Waals surface area contributed by atoms with Crippen molar-refractivity contribution in [1.29, 1.82) is 0 Å². The largest absolute Gasteiger partial charge is 0.416 e. The van der Waals surface area contributed by atoms with Crippen LogP contribution in [0.5, 0.6) is 0 Å². The van der Waals surface area contributed by atoms with Crippen LogP contribution in [0.25, 0.3) is 0 Å². The third kappa shape index (κ3) is 5.22. The van der Waals surface area contributed by atoms with Gasteiger partial charge >= 0.3 is 6.18 Å². The maximum Gasteiger partial charge on any atom is 0.416 e. The molecule has 0 aliphatic rings. The van der Waals surface area contributed by atoms with Crippen molar-refractivity contribution in [3.8, 4) is 0 Å². The van der Waals surface area contributed by atoms with Crippen LogP contribution in [-0.4, -0.2) is 24.9 Å². The molecule has 5 nitrogen and oxygen atoms in total. The van der Waals surface area contributed by atoms with Crippen LogP contribution in [0, 0.1) is 0 Å². The van der Waals surface area contributed by atoms with Gasteiger partial charge in [-0.1, -0.05) is 6.07 Å². The van der Waals surface area contributed by atoms with Crippen LogP contribution in [0.15, 0.2) is 48.5 Å². The number of amides is 2. The summed E-state index contributed by atoms with van der Waals surface area (Å²) in [6.45, 7) is 5.70. The van der Waals surface area contributed by atoms with E-state index in [0.29, 0.717) is 5.56 Å². The molecule has 0 aromatic heterocycles. The standard InChI is InChI=1S/C19H20F3N3O2/c1-3-25(4-2)16-10-8-13(9-11-16)17(26)23-24-18(27)14-6-5-7-15(12-14)19(20,21)22/h5-12H,3-4H2,1-2H3,(H,23,26)(H,24,27). The zero-order chi connectivity index (χ0) is 20.0. The Bertz CT molecular complexity index is 801. The van der Waals surface area contributed by atoms with Crippen molar-refractivity contribution in [3.63, 3.8) is 0 Å². The smallest absolute Gasteiger partial charge is 0.372 e. The van der Waals surface area contributed by atoms with Gasteiger partial charge in [-0.05, 0) is 56.3 Å². The van der Waals surface area contributed by atoms with Crippen molar-refractivity contribution in [2.75, 3.05) is 18.0 Å². The molecule has 2 aromatic rings. The number of alkyl halides is 3. The lowest BCUT2D eigenvalue weighted by Gasteiger charge is -2.21. The topological polar surface area (TPSA) is 61.4 Å². The summed E-state index contributed by atoms with van der Waals surface area (Å²) in [6, 6.07) is 10.8. The summed E-state index contributed by atoms with van der Waals surface area (Å²) in [5, 5.41) is 0. The van der Waals surface area contributed by atoms with Crippen molar-refractivity contribution < 1.29 is 22.8 Å². The molecule has 27 heavy (non-hydrogen) atoms. The first-order valence-corrected chi connectivity index (χ1v) is 8.39. The van der Waals surface area contributed by atoms with E-state index < -0.39 is 23.6 Å². The highest BCUT2D eigenvalue weighted by molar-refractivity contribution is 5.99. The lowest BCUT2D eigenvalue weighted by molar-refractivity contribution is -0.137. The van der Waals surface area contributed by atoms with E-state index >= 15 is 0 Å². The van der Waals surface area contributed by atoms with Crippen molar-refractivity contribution >= 4 is 17.5 Å². The van der Waals surface area contributed by atoms with Gasteiger partial charge < -0.3 is 4.90 Å². The van der Waals surface area contributed by atoms with E-state index in [2.05, 4.69) is 15.8 Å². The van der Waals surface area contributed by atoms with Crippen molar-refractivity contribution in [1.82, 2.24) is 10.9 Å². The lowest BCUT2D eigenvalue weighted by atomic mass is 10.1. The SMILES string of the molecule is CCN(CC)c1ccc(C(=O)NNC(=O)c2cccc(C(F)(F)F)c2)cc1. The summed E-state index contributed by atoms with van der Waals surface area (Å²) < 4.78 is 38.1. The molecule has 0 unspecified atom stereocenters. The van der Waals surface area contributed by atoms with Gasteiger partial charge in [-0.2, -0.15) is 13.2 Å². The Morgan fingerprint density at radius 3 is 1.96 bits per heavy atom. The predicted molar refractivity (Wildman–Crippen MR) is 96.4 cm³/mol. The van der Waals surface area contributed by atoms with Crippen LogP contribution in [0.2, 0.25) is 0 Å². The fourth-order valence-electron chi connectivity index (χ4n) is 2.51.